The molecule has 0 radical (unpaired) electrons. The van der Waals surface area contributed by atoms with Crippen molar-refractivity contribution in [2.45, 2.75) is 50.2 Å². The van der Waals surface area contributed by atoms with Crippen LogP contribution in [0, 0.1) is 5.92 Å². The summed E-state index contributed by atoms with van der Waals surface area (Å²) in [4.78, 5) is 35.5. The van der Waals surface area contributed by atoms with Gasteiger partial charge < -0.3 is 25.6 Å². The fourth-order valence-corrected chi connectivity index (χ4v) is 5.04. The second kappa shape index (κ2) is 10.7. The van der Waals surface area contributed by atoms with Gasteiger partial charge in [0, 0.05) is 31.3 Å². The number of hydrogen-bond donors (Lipinski definition) is 4. The fraction of sp³-hybridized carbons (Fsp3) is 0.423. The minimum absolute atomic E-state index is 0.00937. The van der Waals surface area contributed by atoms with E-state index in [9.17, 15) is 19.5 Å². The molecule has 0 heterocycles. The third kappa shape index (κ3) is 5.39. The number of carbonyl (C=O) groups excluding carboxylic acids is 2. The summed E-state index contributed by atoms with van der Waals surface area (Å²) in [6.07, 6.45) is 0.715. The first-order chi connectivity index (χ1) is 16.4. The number of rotatable bonds is 9. The molecule has 0 saturated heterocycles. The maximum absolute atomic E-state index is 12.6. The van der Waals surface area contributed by atoms with E-state index in [1.807, 2.05) is 24.3 Å². The van der Waals surface area contributed by atoms with E-state index >= 15 is 0 Å². The molecule has 0 spiro atoms. The monoisotopic (exact) mass is 466 g/mol. The standard InChI is InChI=1S/C26H30N2O6/c29-23(25(31)32)12-13-27-24(30)14-16-6-5-11-22(16)28-26(33)34-15-21-19-9-3-1-7-17(19)18-8-2-4-10-20(18)21/h1-4,7-10,16,21-23,29H,5-6,11-15H2,(H,27,30)(H,28,33)(H,31,32)/t16?,22?,23-/m0/s1. The number of carbonyl (C=O) groups is 3. The molecule has 0 aliphatic heterocycles. The van der Waals surface area contributed by atoms with E-state index in [0.717, 1.165) is 30.4 Å². The van der Waals surface area contributed by atoms with Crippen molar-refractivity contribution >= 4 is 18.0 Å². The molecule has 4 N–H and O–H groups in total. The lowest BCUT2D eigenvalue weighted by molar-refractivity contribution is -0.147. The van der Waals surface area contributed by atoms with Crippen molar-refractivity contribution in [1.29, 1.82) is 0 Å². The molecule has 2 aliphatic carbocycles. The smallest absolute Gasteiger partial charge is 0.407 e. The lowest BCUT2D eigenvalue weighted by Gasteiger charge is -2.21. The highest BCUT2D eigenvalue weighted by atomic mass is 16.5. The molecule has 34 heavy (non-hydrogen) atoms. The van der Waals surface area contributed by atoms with Gasteiger partial charge in [0.25, 0.3) is 0 Å². The summed E-state index contributed by atoms with van der Waals surface area (Å²) in [5.74, 6) is -1.55. The van der Waals surface area contributed by atoms with Crippen molar-refractivity contribution < 1.29 is 29.3 Å². The number of ether oxygens (including phenoxy) is 1. The summed E-state index contributed by atoms with van der Waals surface area (Å²) in [5, 5.41) is 23.6. The van der Waals surface area contributed by atoms with Gasteiger partial charge in [-0.05, 0) is 41.0 Å². The number of hydrogen-bond acceptors (Lipinski definition) is 5. The molecule has 4 rings (SSSR count). The zero-order valence-corrected chi connectivity index (χ0v) is 18.9. The number of alkyl carbamates (subject to hydrolysis) is 1. The molecule has 8 heteroatoms. The largest absolute Gasteiger partial charge is 0.479 e. The van der Waals surface area contributed by atoms with Gasteiger partial charge in [0.15, 0.2) is 6.10 Å². The summed E-state index contributed by atoms with van der Waals surface area (Å²) in [6, 6.07) is 16.2. The van der Waals surface area contributed by atoms with Gasteiger partial charge in [-0.2, -0.15) is 0 Å². The first-order valence-electron chi connectivity index (χ1n) is 11.7. The van der Waals surface area contributed by atoms with E-state index in [1.165, 1.54) is 11.1 Å². The number of amides is 2. The van der Waals surface area contributed by atoms with E-state index in [0.29, 0.717) is 0 Å². The van der Waals surface area contributed by atoms with Crippen LogP contribution < -0.4 is 10.6 Å². The van der Waals surface area contributed by atoms with Crippen LogP contribution >= 0.6 is 0 Å². The summed E-state index contributed by atoms with van der Waals surface area (Å²) < 4.78 is 5.63. The molecule has 2 amide bonds. The Bertz CT molecular complexity index is 1010. The highest BCUT2D eigenvalue weighted by Gasteiger charge is 2.32. The lowest BCUT2D eigenvalue weighted by Crippen LogP contribution is -2.40. The second-order valence-corrected chi connectivity index (χ2v) is 8.96. The van der Waals surface area contributed by atoms with Gasteiger partial charge in [-0.1, -0.05) is 55.0 Å². The van der Waals surface area contributed by atoms with E-state index in [2.05, 4.69) is 34.9 Å². The van der Waals surface area contributed by atoms with Crippen LogP contribution in [-0.4, -0.2) is 53.5 Å². The van der Waals surface area contributed by atoms with Crippen molar-refractivity contribution in [3.63, 3.8) is 0 Å². The van der Waals surface area contributed by atoms with Gasteiger partial charge in [-0.25, -0.2) is 9.59 Å². The number of aliphatic carboxylic acids is 1. The summed E-state index contributed by atoms with van der Waals surface area (Å²) >= 11 is 0. The number of aliphatic hydroxyl groups excluding tert-OH is 1. The molecule has 0 bridgehead atoms. The first-order valence-corrected chi connectivity index (χ1v) is 11.7. The molecule has 3 atom stereocenters. The van der Waals surface area contributed by atoms with E-state index in [1.54, 1.807) is 0 Å². The molecular formula is C26H30N2O6. The zero-order valence-electron chi connectivity index (χ0n) is 18.9. The van der Waals surface area contributed by atoms with Gasteiger partial charge in [0.1, 0.15) is 6.61 Å². The van der Waals surface area contributed by atoms with Crippen LogP contribution in [-0.2, 0) is 14.3 Å². The molecule has 2 unspecified atom stereocenters. The van der Waals surface area contributed by atoms with Crippen LogP contribution in [0.25, 0.3) is 11.1 Å². The molecule has 0 aromatic heterocycles. The highest BCUT2D eigenvalue weighted by molar-refractivity contribution is 5.79. The Morgan fingerprint density at radius 3 is 2.29 bits per heavy atom. The van der Waals surface area contributed by atoms with Gasteiger partial charge in [-0.3, -0.25) is 4.79 Å². The number of carboxylic acid groups (broad SMARTS) is 1. The van der Waals surface area contributed by atoms with E-state index in [-0.39, 0.29) is 49.8 Å². The van der Waals surface area contributed by atoms with Crippen LogP contribution in [0.5, 0.6) is 0 Å². The third-order valence-electron chi connectivity index (χ3n) is 6.78. The van der Waals surface area contributed by atoms with Crippen LogP contribution in [0.1, 0.15) is 49.1 Å². The second-order valence-electron chi connectivity index (χ2n) is 8.96. The Balaban J connectivity index is 1.27. The summed E-state index contributed by atoms with van der Waals surface area (Å²) in [6.45, 7) is 0.327. The minimum atomic E-state index is -1.49. The van der Waals surface area contributed by atoms with Gasteiger partial charge in [0.2, 0.25) is 5.91 Å². The SMILES string of the molecule is O=C(CC1CCCC1NC(=O)OCC1c2ccccc2-c2ccccc21)NCC[C@H](O)C(=O)O. The van der Waals surface area contributed by atoms with Gasteiger partial charge in [-0.15, -0.1) is 0 Å². The average Bonchev–Trinajstić information content (AvgIpc) is 3.39. The highest BCUT2D eigenvalue weighted by Crippen LogP contribution is 2.44. The molecule has 2 aliphatic rings. The molecule has 1 saturated carbocycles. The van der Waals surface area contributed by atoms with Crippen molar-refractivity contribution in [1.82, 2.24) is 10.6 Å². The van der Waals surface area contributed by atoms with E-state index < -0.39 is 18.2 Å². The minimum Gasteiger partial charge on any atom is -0.479 e. The predicted octanol–water partition coefficient (Wildman–Crippen LogP) is 3.04. The van der Waals surface area contributed by atoms with E-state index in [4.69, 9.17) is 9.84 Å². The van der Waals surface area contributed by atoms with Crippen LogP contribution in [0.3, 0.4) is 0 Å². The Hall–Kier alpha value is -3.39. The Kier molecular flexibility index (Phi) is 7.47. The van der Waals surface area contributed by atoms with Crippen molar-refractivity contribution in [3.05, 3.63) is 59.7 Å². The third-order valence-corrected chi connectivity index (χ3v) is 6.78. The molecule has 2 aromatic rings. The summed E-state index contributed by atoms with van der Waals surface area (Å²) in [5.41, 5.74) is 4.65. The average molecular weight is 467 g/mol. The lowest BCUT2D eigenvalue weighted by atomic mass is 9.98. The number of carboxylic acids is 1. The van der Waals surface area contributed by atoms with Crippen LogP contribution in [0.2, 0.25) is 0 Å². The topological polar surface area (TPSA) is 125 Å². The number of fused-ring (bicyclic) bond motifs is 3. The molecule has 1 fully saturated rings. The van der Waals surface area contributed by atoms with Gasteiger partial charge >= 0.3 is 12.1 Å². The zero-order chi connectivity index (χ0) is 24.1. The molecular weight excluding hydrogens is 436 g/mol. The Morgan fingerprint density at radius 1 is 1.00 bits per heavy atom. The molecule has 8 nitrogen and oxygen atoms in total. The van der Waals surface area contributed by atoms with Gasteiger partial charge in [0.05, 0.1) is 0 Å². The number of aliphatic hydroxyl groups is 1. The predicted molar refractivity (Wildman–Crippen MR) is 125 cm³/mol. The fourth-order valence-electron chi connectivity index (χ4n) is 5.04. The first kappa shape index (κ1) is 23.8. The van der Waals surface area contributed by atoms with Crippen molar-refractivity contribution in [2.24, 2.45) is 5.92 Å². The maximum atomic E-state index is 12.6. The normalized spacial score (nSPS) is 19.7. The Labute approximate surface area is 198 Å². The molecule has 2 aromatic carbocycles. The maximum Gasteiger partial charge on any atom is 0.407 e. The van der Waals surface area contributed by atoms with Crippen LogP contribution in [0.15, 0.2) is 48.5 Å². The summed E-state index contributed by atoms with van der Waals surface area (Å²) in [7, 11) is 0. The quantitative estimate of drug-likeness (QED) is 0.450. The number of nitrogens with one attached hydrogen (secondary N) is 2. The van der Waals surface area contributed by atoms with Crippen LogP contribution in [0.4, 0.5) is 4.79 Å². The number of benzene rings is 2. The Morgan fingerprint density at radius 2 is 1.65 bits per heavy atom. The van der Waals surface area contributed by atoms with Crippen molar-refractivity contribution in [2.75, 3.05) is 13.2 Å². The van der Waals surface area contributed by atoms with Crippen molar-refractivity contribution in [3.8, 4) is 11.1 Å². The molecule has 180 valence electrons.